The maximum Gasteiger partial charge on any atom is 0.138 e. The SMILES string of the molecule is CC(C)Oc1cncc(C(NN)C2CCCO2)c1. The topological polar surface area (TPSA) is 69.4 Å². The fraction of sp³-hybridized carbons (Fsp3) is 0.615. The molecule has 1 aromatic heterocycles. The maximum absolute atomic E-state index is 5.67. The van der Waals surface area contributed by atoms with Gasteiger partial charge in [0.25, 0.3) is 0 Å². The summed E-state index contributed by atoms with van der Waals surface area (Å²) >= 11 is 0. The van der Waals surface area contributed by atoms with Crippen LogP contribution in [0.4, 0.5) is 0 Å². The van der Waals surface area contributed by atoms with Crippen molar-refractivity contribution in [3.05, 3.63) is 24.0 Å². The van der Waals surface area contributed by atoms with Crippen LogP contribution in [0.25, 0.3) is 0 Å². The van der Waals surface area contributed by atoms with Crippen molar-refractivity contribution in [1.82, 2.24) is 10.4 Å². The van der Waals surface area contributed by atoms with Gasteiger partial charge in [-0.25, -0.2) is 0 Å². The van der Waals surface area contributed by atoms with Crippen molar-refractivity contribution in [3.63, 3.8) is 0 Å². The van der Waals surface area contributed by atoms with Crippen molar-refractivity contribution in [3.8, 4) is 5.75 Å². The molecule has 1 aromatic rings. The molecule has 1 aliphatic rings. The van der Waals surface area contributed by atoms with Crippen LogP contribution < -0.4 is 16.0 Å². The van der Waals surface area contributed by atoms with E-state index in [1.807, 2.05) is 19.9 Å². The first-order chi connectivity index (χ1) is 8.70. The second-order valence-electron chi connectivity index (χ2n) is 4.82. The molecule has 2 heterocycles. The van der Waals surface area contributed by atoms with E-state index in [4.69, 9.17) is 15.3 Å². The number of hydrogen-bond acceptors (Lipinski definition) is 5. The zero-order chi connectivity index (χ0) is 13.0. The number of nitrogens with one attached hydrogen (secondary N) is 1. The van der Waals surface area contributed by atoms with Crippen LogP contribution in [-0.4, -0.2) is 23.8 Å². The van der Waals surface area contributed by atoms with Gasteiger partial charge >= 0.3 is 0 Å². The van der Waals surface area contributed by atoms with Gasteiger partial charge in [-0.2, -0.15) is 0 Å². The molecular weight excluding hydrogens is 230 g/mol. The predicted octanol–water partition coefficient (Wildman–Crippen LogP) is 1.55. The molecule has 2 unspecified atom stereocenters. The van der Waals surface area contributed by atoms with Crippen LogP contribution in [0, 0.1) is 0 Å². The van der Waals surface area contributed by atoms with Crippen LogP contribution >= 0.6 is 0 Å². The van der Waals surface area contributed by atoms with Crippen LogP contribution in [-0.2, 0) is 4.74 Å². The minimum absolute atomic E-state index is 0.0317. The quantitative estimate of drug-likeness (QED) is 0.614. The van der Waals surface area contributed by atoms with E-state index in [0.717, 1.165) is 30.8 Å². The van der Waals surface area contributed by atoms with E-state index in [1.54, 1.807) is 12.4 Å². The van der Waals surface area contributed by atoms with Gasteiger partial charge in [0.2, 0.25) is 0 Å². The van der Waals surface area contributed by atoms with Gasteiger partial charge in [-0.1, -0.05) is 0 Å². The Morgan fingerprint density at radius 1 is 1.50 bits per heavy atom. The zero-order valence-corrected chi connectivity index (χ0v) is 10.9. The Bertz CT molecular complexity index is 378. The Labute approximate surface area is 108 Å². The fourth-order valence-corrected chi connectivity index (χ4v) is 2.23. The highest BCUT2D eigenvalue weighted by Crippen LogP contribution is 2.27. The molecule has 0 amide bonds. The van der Waals surface area contributed by atoms with E-state index in [0.29, 0.717) is 0 Å². The number of hydrogen-bond donors (Lipinski definition) is 2. The maximum atomic E-state index is 5.67. The number of ether oxygens (including phenoxy) is 2. The Kier molecular flexibility index (Phi) is 4.52. The molecule has 2 rings (SSSR count). The molecule has 5 nitrogen and oxygen atoms in total. The summed E-state index contributed by atoms with van der Waals surface area (Å²) in [7, 11) is 0. The molecule has 1 saturated heterocycles. The smallest absolute Gasteiger partial charge is 0.138 e. The molecule has 0 spiro atoms. The summed E-state index contributed by atoms with van der Waals surface area (Å²) in [5.41, 5.74) is 3.82. The van der Waals surface area contributed by atoms with Crippen molar-refractivity contribution in [1.29, 1.82) is 0 Å². The molecule has 100 valence electrons. The molecule has 2 atom stereocenters. The third kappa shape index (κ3) is 3.19. The summed E-state index contributed by atoms with van der Waals surface area (Å²) in [5, 5.41) is 0. The van der Waals surface area contributed by atoms with Crippen LogP contribution in [0.2, 0.25) is 0 Å². The molecule has 0 bridgehead atoms. The van der Waals surface area contributed by atoms with Gasteiger partial charge in [0.15, 0.2) is 0 Å². The lowest BCUT2D eigenvalue weighted by Gasteiger charge is -2.22. The highest BCUT2D eigenvalue weighted by molar-refractivity contribution is 5.27. The van der Waals surface area contributed by atoms with E-state index in [1.165, 1.54) is 0 Å². The molecule has 5 heteroatoms. The number of aromatic nitrogens is 1. The number of pyridine rings is 1. The lowest BCUT2D eigenvalue weighted by atomic mass is 10.0. The lowest BCUT2D eigenvalue weighted by Crippen LogP contribution is -2.36. The van der Waals surface area contributed by atoms with E-state index < -0.39 is 0 Å². The number of hydrazine groups is 1. The molecule has 1 aliphatic heterocycles. The average molecular weight is 251 g/mol. The van der Waals surface area contributed by atoms with Gasteiger partial charge in [0, 0.05) is 12.8 Å². The molecule has 0 aromatic carbocycles. The number of nitrogens with two attached hydrogens (primary N) is 1. The van der Waals surface area contributed by atoms with Crippen molar-refractivity contribution >= 4 is 0 Å². The standard InChI is InChI=1S/C13H21N3O2/c1-9(2)18-11-6-10(7-15-8-11)13(16-14)12-4-3-5-17-12/h6-9,12-13,16H,3-5,14H2,1-2H3. The van der Waals surface area contributed by atoms with E-state index in [-0.39, 0.29) is 18.2 Å². The minimum atomic E-state index is -0.0317. The summed E-state index contributed by atoms with van der Waals surface area (Å²) in [6, 6.07) is 1.94. The van der Waals surface area contributed by atoms with Crippen LogP contribution in [0.3, 0.4) is 0 Å². The van der Waals surface area contributed by atoms with E-state index in [9.17, 15) is 0 Å². The van der Waals surface area contributed by atoms with Crippen LogP contribution in [0.1, 0.15) is 38.3 Å². The first kappa shape index (κ1) is 13.3. The summed E-state index contributed by atoms with van der Waals surface area (Å²) in [6.07, 6.45) is 5.87. The number of rotatable bonds is 5. The van der Waals surface area contributed by atoms with Gasteiger partial charge in [0.05, 0.1) is 24.4 Å². The molecule has 3 N–H and O–H groups in total. The van der Waals surface area contributed by atoms with Gasteiger partial charge in [-0.05, 0) is 38.3 Å². The monoisotopic (exact) mass is 251 g/mol. The largest absolute Gasteiger partial charge is 0.489 e. The Hall–Kier alpha value is -1.17. The van der Waals surface area contributed by atoms with E-state index in [2.05, 4.69) is 10.4 Å². The van der Waals surface area contributed by atoms with Crippen molar-refractivity contribution < 1.29 is 9.47 Å². The first-order valence-corrected chi connectivity index (χ1v) is 6.40. The van der Waals surface area contributed by atoms with Gasteiger partial charge < -0.3 is 9.47 Å². The first-order valence-electron chi connectivity index (χ1n) is 6.40. The Balaban J connectivity index is 2.14. The zero-order valence-electron chi connectivity index (χ0n) is 10.9. The fourth-order valence-electron chi connectivity index (χ4n) is 2.23. The summed E-state index contributed by atoms with van der Waals surface area (Å²) in [4.78, 5) is 4.20. The van der Waals surface area contributed by atoms with Crippen molar-refractivity contribution in [2.45, 2.75) is 44.9 Å². The van der Waals surface area contributed by atoms with Crippen LogP contribution in [0.5, 0.6) is 5.75 Å². The summed E-state index contributed by atoms with van der Waals surface area (Å²) < 4.78 is 11.3. The Morgan fingerprint density at radius 2 is 2.33 bits per heavy atom. The van der Waals surface area contributed by atoms with Gasteiger partial charge in [-0.15, -0.1) is 0 Å². The molecule has 1 fully saturated rings. The average Bonchev–Trinajstić information content (AvgIpc) is 2.83. The normalized spacial score (nSPS) is 21.2. The highest BCUT2D eigenvalue weighted by Gasteiger charge is 2.26. The van der Waals surface area contributed by atoms with Crippen molar-refractivity contribution in [2.24, 2.45) is 5.84 Å². The van der Waals surface area contributed by atoms with Gasteiger partial charge in [0.1, 0.15) is 5.75 Å². The van der Waals surface area contributed by atoms with Crippen LogP contribution in [0.15, 0.2) is 18.5 Å². The minimum Gasteiger partial charge on any atom is -0.489 e. The highest BCUT2D eigenvalue weighted by atomic mass is 16.5. The molecule has 0 saturated carbocycles. The summed E-state index contributed by atoms with van der Waals surface area (Å²) in [6.45, 7) is 4.79. The molecule has 18 heavy (non-hydrogen) atoms. The number of nitrogens with zero attached hydrogens (tertiary/aromatic N) is 1. The summed E-state index contributed by atoms with van der Waals surface area (Å²) in [5.74, 6) is 6.40. The Morgan fingerprint density at radius 3 is 2.94 bits per heavy atom. The lowest BCUT2D eigenvalue weighted by molar-refractivity contribution is 0.0781. The predicted molar refractivity (Wildman–Crippen MR) is 69.0 cm³/mol. The third-order valence-corrected chi connectivity index (χ3v) is 2.98. The molecule has 0 radical (unpaired) electrons. The van der Waals surface area contributed by atoms with E-state index >= 15 is 0 Å². The molecule has 0 aliphatic carbocycles. The third-order valence-electron chi connectivity index (χ3n) is 2.98. The molecular formula is C13H21N3O2. The van der Waals surface area contributed by atoms with Gasteiger partial charge in [-0.3, -0.25) is 16.3 Å². The second-order valence-corrected chi connectivity index (χ2v) is 4.82. The second kappa shape index (κ2) is 6.13. The van der Waals surface area contributed by atoms with Crippen molar-refractivity contribution in [2.75, 3.05) is 6.61 Å².